The molecule has 0 rings (SSSR count). The van der Waals surface area contributed by atoms with Crippen molar-refractivity contribution < 1.29 is 17.7 Å². The lowest BCUT2D eigenvalue weighted by Gasteiger charge is -2.03. The van der Waals surface area contributed by atoms with Crippen molar-refractivity contribution in [3.8, 4) is 0 Å². The van der Waals surface area contributed by atoms with Crippen molar-refractivity contribution in [3.05, 3.63) is 13.2 Å². The molecule has 2 N–H and O–H groups in total. The van der Waals surface area contributed by atoms with Crippen LogP contribution in [-0.4, -0.2) is 13.6 Å². The lowest BCUT2D eigenvalue weighted by molar-refractivity contribution is -0.627. The van der Waals surface area contributed by atoms with Crippen molar-refractivity contribution in [2.75, 3.05) is 13.6 Å². The maximum absolute atomic E-state index is 3.00. The minimum atomic E-state index is 0. The lowest BCUT2D eigenvalue weighted by Crippen LogP contribution is -3.00. The van der Waals surface area contributed by atoms with Gasteiger partial charge in [-0.05, 0) is 12.8 Å². The summed E-state index contributed by atoms with van der Waals surface area (Å²) in [5.41, 5.74) is 0. The Morgan fingerprint density at radius 3 is 1.04 bits per heavy atom. The molecule has 1 nitrogen and oxygen atoms in total. The van der Waals surface area contributed by atoms with Gasteiger partial charge in [-0.25, -0.2) is 0 Å². The van der Waals surface area contributed by atoms with Crippen LogP contribution in [0, 0.1) is 0 Å². The molecule has 0 saturated carbocycles. The third kappa shape index (κ3) is 30.4. The first-order valence-corrected chi connectivity index (χ1v) is 10.2. The van der Waals surface area contributed by atoms with Gasteiger partial charge in [-0.3, -0.25) is 0 Å². The van der Waals surface area contributed by atoms with Crippen molar-refractivity contribution >= 4 is 0 Å². The van der Waals surface area contributed by atoms with Crippen LogP contribution in [0.15, 0.2) is 13.2 Å². The third-order valence-corrected chi connectivity index (χ3v) is 4.35. The average molecular weight is 348 g/mol. The van der Waals surface area contributed by atoms with Crippen molar-refractivity contribution in [1.29, 1.82) is 0 Å². The van der Waals surface area contributed by atoms with Gasteiger partial charge in [0.05, 0.1) is 13.6 Å². The molecule has 0 bridgehead atoms. The van der Waals surface area contributed by atoms with Crippen molar-refractivity contribution in [1.82, 2.24) is 0 Å². The molecule has 0 radical (unpaired) electrons. The molecule has 0 aliphatic rings. The van der Waals surface area contributed by atoms with Gasteiger partial charge in [-0.2, -0.15) is 0 Å². The molecule has 0 aromatic carbocycles. The molecule has 0 amide bonds. The highest BCUT2D eigenvalue weighted by Gasteiger charge is 1.94. The second-order valence-electron chi connectivity index (χ2n) is 6.50. The number of hydrogen-bond acceptors (Lipinski definition) is 0. The van der Waals surface area contributed by atoms with E-state index < -0.39 is 0 Å². The summed E-state index contributed by atoms with van der Waals surface area (Å²) in [6.07, 6.45) is 23.4. The Balaban J connectivity index is -0.00000128. The Hall–Kier alpha value is -0.0100. The highest BCUT2D eigenvalue weighted by atomic mass is 35.5. The van der Waals surface area contributed by atoms with Crippen LogP contribution >= 0.6 is 0 Å². The van der Waals surface area contributed by atoms with Gasteiger partial charge in [0.1, 0.15) is 0 Å². The van der Waals surface area contributed by atoms with E-state index in [2.05, 4.69) is 32.4 Å². The van der Waals surface area contributed by atoms with Gasteiger partial charge < -0.3 is 17.7 Å². The summed E-state index contributed by atoms with van der Waals surface area (Å²) in [7, 11) is 2.17. The molecule has 2 heteroatoms. The maximum Gasteiger partial charge on any atom is 0.0753 e. The second kappa shape index (κ2) is 29.9. The van der Waals surface area contributed by atoms with Crippen molar-refractivity contribution in [3.63, 3.8) is 0 Å². The van der Waals surface area contributed by atoms with E-state index in [9.17, 15) is 0 Å². The summed E-state index contributed by atoms with van der Waals surface area (Å²) in [6.45, 7) is 9.61. The molecule has 0 saturated heterocycles. The molecule has 0 spiro atoms. The number of hydrogen-bond donors (Lipinski definition) is 1. The van der Waals surface area contributed by atoms with Gasteiger partial charge in [0, 0.05) is 0 Å². The van der Waals surface area contributed by atoms with E-state index in [0.29, 0.717) is 0 Å². The van der Waals surface area contributed by atoms with E-state index >= 15 is 0 Å². The Kier molecular flexibility index (Phi) is 36.2. The molecule has 0 unspecified atom stereocenters. The minimum Gasteiger partial charge on any atom is -1.00 e. The Bertz CT molecular complexity index is 155. The number of halogens is 1. The van der Waals surface area contributed by atoms with Crippen LogP contribution in [0.3, 0.4) is 0 Å². The van der Waals surface area contributed by atoms with Crippen LogP contribution in [0.25, 0.3) is 0 Å². The van der Waals surface area contributed by atoms with E-state index in [1.807, 2.05) is 0 Å². The van der Waals surface area contributed by atoms with E-state index in [4.69, 9.17) is 0 Å². The zero-order valence-corrected chi connectivity index (χ0v) is 17.1. The quantitative estimate of drug-likeness (QED) is 0.307. The number of quaternary nitrogens is 1. The Morgan fingerprint density at radius 2 is 0.783 bits per heavy atom. The molecular weight excluding hydrogens is 302 g/mol. The molecule has 142 valence electrons. The van der Waals surface area contributed by atoms with Gasteiger partial charge in [0.15, 0.2) is 0 Å². The first kappa shape index (κ1) is 27.8. The fourth-order valence-electron chi connectivity index (χ4n) is 2.90. The predicted octanol–water partition coefficient (Wildman–Crippen LogP) is 3.25. The molecule has 0 heterocycles. The third-order valence-electron chi connectivity index (χ3n) is 4.35. The average Bonchev–Trinajstić information content (AvgIpc) is 2.56. The first-order chi connectivity index (χ1) is 10.9. The van der Waals surface area contributed by atoms with Gasteiger partial charge in [-0.15, -0.1) is 13.2 Å². The van der Waals surface area contributed by atoms with E-state index in [0.717, 1.165) is 0 Å². The van der Waals surface area contributed by atoms with E-state index in [1.54, 1.807) is 0 Å². The highest BCUT2D eigenvalue weighted by Crippen LogP contribution is 2.13. The molecular formula is C21H46ClN. The SMILES string of the molecule is C=C.CCCCCCCCCCCCCCCCCC[NH2+]C.[Cl-]. The summed E-state index contributed by atoms with van der Waals surface area (Å²) in [5, 5.41) is 2.30. The highest BCUT2D eigenvalue weighted by molar-refractivity contribution is 4.49. The fourth-order valence-corrected chi connectivity index (χ4v) is 2.90. The zero-order valence-electron chi connectivity index (χ0n) is 16.4. The summed E-state index contributed by atoms with van der Waals surface area (Å²) in [6, 6.07) is 0. The van der Waals surface area contributed by atoms with Crippen LogP contribution in [0.1, 0.15) is 110 Å². The van der Waals surface area contributed by atoms with Crippen LogP contribution in [0.5, 0.6) is 0 Å². The number of unbranched alkanes of at least 4 members (excludes halogenated alkanes) is 15. The zero-order chi connectivity index (χ0) is 16.7. The number of nitrogens with two attached hydrogens (primary N) is 1. The molecule has 0 aromatic rings. The van der Waals surface area contributed by atoms with Crippen molar-refractivity contribution in [2.45, 2.75) is 110 Å². The predicted molar refractivity (Wildman–Crippen MR) is 104 cm³/mol. The van der Waals surface area contributed by atoms with Crippen LogP contribution in [0.2, 0.25) is 0 Å². The Morgan fingerprint density at radius 1 is 0.522 bits per heavy atom. The van der Waals surface area contributed by atoms with Crippen LogP contribution < -0.4 is 17.7 Å². The van der Waals surface area contributed by atoms with Crippen LogP contribution in [0.4, 0.5) is 0 Å². The van der Waals surface area contributed by atoms with Gasteiger partial charge in [0.2, 0.25) is 0 Å². The van der Waals surface area contributed by atoms with Crippen LogP contribution in [-0.2, 0) is 0 Å². The minimum absolute atomic E-state index is 0. The van der Waals surface area contributed by atoms with Gasteiger partial charge >= 0.3 is 0 Å². The number of rotatable bonds is 17. The molecule has 0 aliphatic carbocycles. The largest absolute Gasteiger partial charge is 1.00 e. The van der Waals surface area contributed by atoms with Crippen molar-refractivity contribution in [2.24, 2.45) is 0 Å². The summed E-state index contributed by atoms with van der Waals surface area (Å²) < 4.78 is 0. The summed E-state index contributed by atoms with van der Waals surface area (Å²) in [5.74, 6) is 0. The van der Waals surface area contributed by atoms with E-state index in [1.165, 1.54) is 109 Å². The molecule has 0 fully saturated rings. The van der Waals surface area contributed by atoms with Gasteiger partial charge in [-0.1, -0.05) is 96.8 Å². The topological polar surface area (TPSA) is 16.6 Å². The molecule has 23 heavy (non-hydrogen) atoms. The first-order valence-electron chi connectivity index (χ1n) is 10.2. The monoisotopic (exact) mass is 347 g/mol. The normalized spacial score (nSPS) is 9.83. The van der Waals surface area contributed by atoms with Gasteiger partial charge in [0.25, 0.3) is 0 Å². The summed E-state index contributed by atoms with van der Waals surface area (Å²) >= 11 is 0. The van der Waals surface area contributed by atoms with E-state index in [-0.39, 0.29) is 12.4 Å². The lowest BCUT2D eigenvalue weighted by atomic mass is 10.0. The molecule has 0 aromatic heterocycles. The maximum atomic E-state index is 3.00. The standard InChI is InChI=1S/C19H41N.C2H4.ClH/c1-3-4-5-6-7-8-9-10-11-12-13-14-15-16-17-18-19-20-2;1-2;/h20H,3-19H2,1-2H3;1-2H2;1H. The second-order valence-corrected chi connectivity index (χ2v) is 6.50. The Labute approximate surface area is 154 Å². The smallest absolute Gasteiger partial charge is 0.0753 e. The molecule has 0 atom stereocenters. The fraction of sp³-hybridized carbons (Fsp3) is 0.905. The molecule has 0 aliphatic heterocycles. The summed E-state index contributed by atoms with van der Waals surface area (Å²) in [4.78, 5) is 0.